The number of anilines is 1. The summed E-state index contributed by atoms with van der Waals surface area (Å²) in [5.41, 5.74) is 3.48. The molecule has 0 fully saturated rings. The summed E-state index contributed by atoms with van der Waals surface area (Å²) in [5, 5.41) is 8.27. The number of hydrogen-bond acceptors (Lipinski definition) is 4. The normalized spacial score (nSPS) is 18.9. The molecule has 2 aromatic rings. The summed E-state index contributed by atoms with van der Waals surface area (Å²) < 4.78 is 1.94. The molecule has 4 nitrogen and oxygen atoms in total. The van der Waals surface area contributed by atoms with Gasteiger partial charge in [0.05, 0.1) is 16.6 Å². The van der Waals surface area contributed by atoms with Crippen molar-refractivity contribution in [3.05, 3.63) is 41.3 Å². The topological polar surface area (TPSA) is 42.7 Å². The largest absolute Gasteiger partial charge is 0.369 e. The first-order valence-corrected chi connectivity index (χ1v) is 7.12. The Morgan fingerprint density at radius 2 is 2.33 bits per heavy atom. The number of thioether (sulfide) groups is 1. The van der Waals surface area contributed by atoms with Crippen molar-refractivity contribution in [2.45, 2.75) is 12.2 Å². The molecule has 1 aliphatic heterocycles. The molecule has 0 spiro atoms. The summed E-state index contributed by atoms with van der Waals surface area (Å²) in [4.78, 5) is 4.51. The van der Waals surface area contributed by atoms with Gasteiger partial charge in [0.1, 0.15) is 5.82 Å². The number of rotatable bonds is 1. The number of fused-ring (bicyclic) bond motifs is 1. The molecule has 2 aromatic heterocycles. The van der Waals surface area contributed by atoms with E-state index < -0.39 is 0 Å². The van der Waals surface area contributed by atoms with E-state index in [0.29, 0.717) is 0 Å². The minimum Gasteiger partial charge on any atom is -0.369 e. The van der Waals surface area contributed by atoms with E-state index in [1.165, 1.54) is 5.56 Å². The average molecular weight is 260 g/mol. The third kappa shape index (κ3) is 1.88. The average Bonchev–Trinajstić information content (AvgIpc) is 2.58. The minimum absolute atomic E-state index is 0.282. The number of nitrogens with zero attached hydrogens (tertiary/aromatic N) is 3. The van der Waals surface area contributed by atoms with Gasteiger partial charge in [-0.25, -0.2) is 0 Å². The molecule has 1 unspecified atom stereocenters. The van der Waals surface area contributed by atoms with Crippen molar-refractivity contribution in [3.63, 3.8) is 0 Å². The maximum absolute atomic E-state index is 4.52. The number of aromatic nitrogens is 3. The number of hydrogen-bond donors (Lipinski definition) is 1. The molecule has 5 heteroatoms. The minimum atomic E-state index is 0.282. The van der Waals surface area contributed by atoms with Crippen LogP contribution in [0.15, 0.2) is 24.4 Å². The number of pyridine rings is 1. The van der Waals surface area contributed by atoms with Gasteiger partial charge in [0.25, 0.3) is 0 Å². The fraction of sp³-hybridized carbons (Fsp3) is 0.385. The van der Waals surface area contributed by atoms with Gasteiger partial charge in [0.15, 0.2) is 0 Å². The number of aryl methyl sites for hydroxylation is 2. The highest BCUT2D eigenvalue weighted by Crippen LogP contribution is 2.41. The second-order valence-corrected chi connectivity index (χ2v) is 5.62. The Morgan fingerprint density at radius 3 is 3.11 bits per heavy atom. The fourth-order valence-electron chi connectivity index (χ4n) is 2.39. The summed E-state index contributed by atoms with van der Waals surface area (Å²) in [6, 6.07) is 6.10. The van der Waals surface area contributed by atoms with Crippen LogP contribution in [0.1, 0.15) is 22.2 Å². The quantitative estimate of drug-likeness (QED) is 0.855. The molecular formula is C13H16N4S. The molecule has 1 atom stereocenters. The van der Waals surface area contributed by atoms with E-state index >= 15 is 0 Å². The molecule has 3 rings (SSSR count). The molecule has 0 aliphatic carbocycles. The van der Waals surface area contributed by atoms with Crippen LogP contribution in [-0.4, -0.2) is 27.1 Å². The molecule has 1 N–H and O–H groups in total. The Labute approximate surface area is 111 Å². The van der Waals surface area contributed by atoms with Gasteiger partial charge in [-0.1, -0.05) is 6.07 Å². The monoisotopic (exact) mass is 260 g/mol. The maximum atomic E-state index is 4.52. The number of nitrogens with one attached hydrogen (secondary N) is 1. The Morgan fingerprint density at radius 1 is 1.44 bits per heavy atom. The third-order valence-electron chi connectivity index (χ3n) is 3.17. The predicted octanol–water partition coefficient (Wildman–Crippen LogP) is 2.37. The second kappa shape index (κ2) is 4.65. The first kappa shape index (κ1) is 11.6. The first-order chi connectivity index (χ1) is 8.77. The summed E-state index contributed by atoms with van der Waals surface area (Å²) in [6.07, 6.45) is 1.86. The van der Waals surface area contributed by atoms with Crippen molar-refractivity contribution >= 4 is 17.6 Å². The molecule has 0 amide bonds. The lowest BCUT2D eigenvalue weighted by Crippen LogP contribution is -2.06. The summed E-state index contributed by atoms with van der Waals surface area (Å²) in [7, 11) is 1.99. The maximum Gasteiger partial charge on any atom is 0.128 e. The van der Waals surface area contributed by atoms with E-state index in [4.69, 9.17) is 0 Å². The van der Waals surface area contributed by atoms with E-state index in [1.807, 2.05) is 41.8 Å². The summed E-state index contributed by atoms with van der Waals surface area (Å²) in [5.74, 6) is 2.21. The molecule has 1 aliphatic rings. The Bertz CT molecular complexity index is 550. The van der Waals surface area contributed by atoms with Gasteiger partial charge in [0.2, 0.25) is 0 Å². The second-order valence-electron chi connectivity index (χ2n) is 4.40. The van der Waals surface area contributed by atoms with Crippen LogP contribution in [0.4, 0.5) is 5.82 Å². The molecule has 0 aromatic carbocycles. The van der Waals surface area contributed by atoms with Gasteiger partial charge in [-0.05, 0) is 19.1 Å². The standard InChI is InChI=1S/C13H16N4S/c1-9-11-12(10-5-3-4-6-14-10)18-8-7-15-13(11)17(2)16-9/h3-6,12,15H,7-8H2,1-2H3. The van der Waals surface area contributed by atoms with Crippen molar-refractivity contribution in [2.75, 3.05) is 17.6 Å². The zero-order valence-electron chi connectivity index (χ0n) is 10.6. The Balaban J connectivity index is 2.12. The third-order valence-corrected chi connectivity index (χ3v) is 4.42. The van der Waals surface area contributed by atoms with Gasteiger partial charge < -0.3 is 5.32 Å². The lowest BCUT2D eigenvalue weighted by Gasteiger charge is -2.14. The van der Waals surface area contributed by atoms with Gasteiger partial charge in [-0.3, -0.25) is 9.67 Å². The van der Waals surface area contributed by atoms with Crippen LogP contribution < -0.4 is 5.32 Å². The smallest absolute Gasteiger partial charge is 0.128 e. The lowest BCUT2D eigenvalue weighted by atomic mass is 10.1. The van der Waals surface area contributed by atoms with Crippen LogP contribution in [-0.2, 0) is 7.05 Å². The van der Waals surface area contributed by atoms with Crippen molar-refractivity contribution in [2.24, 2.45) is 7.05 Å². The van der Waals surface area contributed by atoms with Gasteiger partial charge >= 0.3 is 0 Å². The van der Waals surface area contributed by atoms with Gasteiger partial charge in [-0.2, -0.15) is 5.10 Å². The van der Waals surface area contributed by atoms with Crippen molar-refractivity contribution in [1.82, 2.24) is 14.8 Å². The van der Waals surface area contributed by atoms with E-state index in [1.54, 1.807) is 0 Å². The molecular weight excluding hydrogens is 244 g/mol. The van der Waals surface area contributed by atoms with Crippen molar-refractivity contribution in [3.8, 4) is 0 Å². The summed E-state index contributed by atoms with van der Waals surface area (Å²) in [6.45, 7) is 3.04. The highest BCUT2D eigenvalue weighted by atomic mass is 32.2. The zero-order valence-corrected chi connectivity index (χ0v) is 11.4. The Kier molecular flexibility index (Phi) is 2.99. The van der Waals surface area contributed by atoms with Crippen LogP contribution in [0.25, 0.3) is 0 Å². The highest BCUT2D eigenvalue weighted by molar-refractivity contribution is 7.99. The summed E-state index contributed by atoms with van der Waals surface area (Å²) >= 11 is 1.93. The van der Waals surface area contributed by atoms with Crippen LogP contribution in [0.2, 0.25) is 0 Å². The Hall–Kier alpha value is -1.49. The van der Waals surface area contributed by atoms with Crippen LogP contribution in [0.3, 0.4) is 0 Å². The lowest BCUT2D eigenvalue weighted by molar-refractivity contribution is 0.760. The molecule has 0 saturated carbocycles. The highest BCUT2D eigenvalue weighted by Gasteiger charge is 2.27. The molecule has 94 valence electrons. The van der Waals surface area contributed by atoms with Crippen molar-refractivity contribution in [1.29, 1.82) is 0 Å². The van der Waals surface area contributed by atoms with Gasteiger partial charge in [-0.15, -0.1) is 11.8 Å². The van der Waals surface area contributed by atoms with E-state index in [2.05, 4.69) is 28.4 Å². The van der Waals surface area contributed by atoms with Crippen LogP contribution >= 0.6 is 11.8 Å². The van der Waals surface area contributed by atoms with E-state index in [0.717, 1.165) is 29.5 Å². The molecule has 0 radical (unpaired) electrons. The molecule has 3 heterocycles. The fourth-order valence-corrected chi connectivity index (χ4v) is 3.61. The van der Waals surface area contributed by atoms with Crippen molar-refractivity contribution < 1.29 is 0 Å². The van der Waals surface area contributed by atoms with E-state index in [9.17, 15) is 0 Å². The zero-order chi connectivity index (χ0) is 12.5. The first-order valence-electron chi connectivity index (χ1n) is 6.07. The van der Waals surface area contributed by atoms with E-state index in [-0.39, 0.29) is 5.25 Å². The van der Waals surface area contributed by atoms with Crippen LogP contribution in [0, 0.1) is 6.92 Å². The molecule has 0 saturated heterocycles. The van der Waals surface area contributed by atoms with Crippen LogP contribution in [0.5, 0.6) is 0 Å². The SMILES string of the molecule is Cc1nn(C)c2c1C(c1ccccn1)SCCN2. The molecule has 0 bridgehead atoms. The molecule has 18 heavy (non-hydrogen) atoms. The van der Waals surface area contributed by atoms with Gasteiger partial charge in [0, 0.05) is 31.1 Å². The predicted molar refractivity (Wildman–Crippen MR) is 75.0 cm³/mol.